The van der Waals surface area contributed by atoms with E-state index in [1.807, 2.05) is 18.2 Å². The van der Waals surface area contributed by atoms with Crippen molar-refractivity contribution in [2.24, 2.45) is 0 Å². The van der Waals surface area contributed by atoms with Gasteiger partial charge in [-0.05, 0) is 53.2 Å². The second-order valence-corrected chi connectivity index (χ2v) is 12.6. The van der Waals surface area contributed by atoms with Gasteiger partial charge in [0.15, 0.2) is 0 Å². The molecule has 0 fully saturated rings. The van der Waals surface area contributed by atoms with Crippen molar-refractivity contribution < 1.29 is 17.9 Å². The molecule has 0 bridgehead atoms. The number of benzene rings is 2. The van der Waals surface area contributed by atoms with Gasteiger partial charge in [-0.1, -0.05) is 45.9 Å². The van der Waals surface area contributed by atoms with Crippen LogP contribution in [0, 0.1) is 0 Å². The topological polar surface area (TPSA) is 87.7 Å². The van der Waals surface area contributed by atoms with E-state index in [1.165, 1.54) is 17.4 Å². The molecule has 8 heteroatoms. The fourth-order valence-electron chi connectivity index (χ4n) is 4.98. The number of anilines is 1. The first-order valence-electron chi connectivity index (χ1n) is 11.9. The Kier molecular flexibility index (Phi) is 6.49. The molecule has 2 aliphatic rings. The lowest BCUT2D eigenvalue weighted by atomic mass is 9.82. The predicted octanol–water partition coefficient (Wildman–Crippen LogP) is 4.46. The van der Waals surface area contributed by atoms with E-state index in [9.17, 15) is 13.2 Å². The number of fused-ring (bicyclic) bond motifs is 1. The SMILES string of the molecule is COc1c(-c2ccc3c(c2)CCC3(C)CNS(C)(=O)=O)cc(N2C=CCNC2=O)cc1C(C)(C)C. The van der Waals surface area contributed by atoms with Crippen molar-refractivity contribution in [3.8, 4) is 16.9 Å². The van der Waals surface area contributed by atoms with Gasteiger partial charge in [0.25, 0.3) is 0 Å². The summed E-state index contributed by atoms with van der Waals surface area (Å²) >= 11 is 0. The van der Waals surface area contributed by atoms with Crippen molar-refractivity contribution >= 4 is 21.7 Å². The van der Waals surface area contributed by atoms with Crippen molar-refractivity contribution in [2.45, 2.75) is 51.4 Å². The standard InChI is InChI=1S/C27H35N3O4S/c1-26(2,3)23-16-20(30-13-7-12-28-25(30)31)15-21(24(23)34-5)18-8-9-22-19(14-18)10-11-27(22,4)17-29-35(6,32)33/h7-9,13-16,29H,10-12,17H2,1-6H3,(H,28,31). The molecule has 1 atom stereocenters. The second-order valence-electron chi connectivity index (χ2n) is 10.8. The Balaban J connectivity index is 1.82. The fourth-order valence-corrected chi connectivity index (χ4v) is 5.56. The monoisotopic (exact) mass is 497 g/mol. The van der Waals surface area contributed by atoms with Gasteiger partial charge in [0.05, 0.1) is 19.1 Å². The van der Waals surface area contributed by atoms with Crippen molar-refractivity contribution in [3.05, 3.63) is 59.3 Å². The lowest BCUT2D eigenvalue weighted by Gasteiger charge is -2.29. The third-order valence-electron chi connectivity index (χ3n) is 6.95. The molecule has 7 nitrogen and oxygen atoms in total. The zero-order valence-electron chi connectivity index (χ0n) is 21.4. The van der Waals surface area contributed by atoms with Crippen LogP contribution in [0.2, 0.25) is 0 Å². The number of urea groups is 1. The maximum absolute atomic E-state index is 12.6. The third-order valence-corrected chi connectivity index (χ3v) is 7.61. The van der Waals surface area contributed by atoms with Crippen molar-refractivity contribution in [3.63, 3.8) is 0 Å². The zero-order chi connectivity index (χ0) is 25.6. The van der Waals surface area contributed by atoms with Gasteiger partial charge in [-0.25, -0.2) is 17.9 Å². The van der Waals surface area contributed by atoms with Crippen LogP contribution in [0.5, 0.6) is 5.75 Å². The van der Waals surface area contributed by atoms with Crippen LogP contribution < -0.4 is 19.7 Å². The molecule has 0 spiro atoms. The number of nitrogens with zero attached hydrogens (tertiary/aromatic N) is 1. The normalized spacial score (nSPS) is 20.1. The molecule has 0 radical (unpaired) electrons. The molecule has 1 heterocycles. The first-order valence-corrected chi connectivity index (χ1v) is 13.8. The number of sulfonamides is 1. The first-order chi connectivity index (χ1) is 16.3. The van der Waals surface area contributed by atoms with Crippen LogP contribution in [-0.2, 0) is 27.3 Å². The maximum atomic E-state index is 12.6. The van der Waals surface area contributed by atoms with E-state index in [0.717, 1.165) is 41.0 Å². The molecule has 1 aliphatic heterocycles. The molecule has 0 aromatic heterocycles. The molecule has 2 N–H and O–H groups in total. The summed E-state index contributed by atoms with van der Waals surface area (Å²) in [4.78, 5) is 14.2. The summed E-state index contributed by atoms with van der Waals surface area (Å²) in [5.41, 5.74) is 5.64. The van der Waals surface area contributed by atoms with E-state index in [1.54, 1.807) is 18.2 Å². The lowest BCUT2D eigenvalue weighted by molar-refractivity contribution is 0.248. The minimum absolute atomic E-state index is 0.161. The molecular formula is C27H35N3O4S. The quantitative estimate of drug-likeness (QED) is 0.617. The van der Waals surface area contributed by atoms with E-state index in [0.29, 0.717) is 13.1 Å². The Bertz CT molecular complexity index is 1290. The maximum Gasteiger partial charge on any atom is 0.326 e. The van der Waals surface area contributed by atoms with Crippen LogP contribution in [0.4, 0.5) is 10.5 Å². The van der Waals surface area contributed by atoms with Gasteiger partial charge in [-0.2, -0.15) is 0 Å². The average Bonchev–Trinajstić information content (AvgIpc) is 3.12. The number of carbonyl (C=O) groups is 1. The highest BCUT2D eigenvalue weighted by Crippen LogP contribution is 2.45. The van der Waals surface area contributed by atoms with Crippen molar-refractivity contribution in [1.82, 2.24) is 10.0 Å². The van der Waals surface area contributed by atoms with Crippen molar-refractivity contribution in [1.29, 1.82) is 0 Å². The van der Waals surface area contributed by atoms with Crippen LogP contribution in [0.3, 0.4) is 0 Å². The van der Waals surface area contributed by atoms with E-state index < -0.39 is 10.0 Å². The van der Waals surface area contributed by atoms with E-state index in [2.05, 4.69) is 55.9 Å². The predicted molar refractivity (Wildman–Crippen MR) is 141 cm³/mol. The molecule has 2 aromatic rings. The lowest BCUT2D eigenvalue weighted by Crippen LogP contribution is -2.40. The van der Waals surface area contributed by atoms with Gasteiger partial charge >= 0.3 is 6.03 Å². The van der Waals surface area contributed by atoms with Crippen LogP contribution >= 0.6 is 0 Å². The average molecular weight is 498 g/mol. The van der Waals surface area contributed by atoms with Gasteiger partial charge in [-0.3, -0.25) is 4.90 Å². The first kappa shape index (κ1) is 25.3. The molecule has 0 saturated heterocycles. The Labute approximate surface area is 208 Å². The van der Waals surface area contributed by atoms with Gasteiger partial charge < -0.3 is 10.1 Å². The zero-order valence-corrected chi connectivity index (χ0v) is 22.2. The van der Waals surface area contributed by atoms with Gasteiger partial charge in [-0.15, -0.1) is 0 Å². The molecule has 2 aromatic carbocycles. The van der Waals surface area contributed by atoms with E-state index >= 15 is 0 Å². The largest absolute Gasteiger partial charge is 0.496 e. The molecule has 0 saturated carbocycles. The summed E-state index contributed by atoms with van der Waals surface area (Å²) in [6.45, 7) is 9.40. The molecule has 2 amide bonds. The van der Waals surface area contributed by atoms with Crippen LogP contribution in [0.1, 0.15) is 50.8 Å². The van der Waals surface area contributed by atoms with E-state index in [4.69, 9.17) is 4.74 Å². The number of nitrogens with one attached hydrogen (secondary N) is 2. The summed E-state index contributed by atoms with van der Waals surface area (Å²) in [5, 5.41) is 2.86. The number of hydrogen-bond acceptors (Lipinski definition) is 4. The van der Waals surface area contributed by atoms with E-state index in [-0.39, 0.29) is 16.9 Å². The number of ether oxygens (including phenoxy) is 1. The molecule has 35 heavy (non-hydrogen) atoms. The highest BCUT2D eigenvalue weighted by Gasteiger charge is 2.35. The highest BCUT2D eigenvalue weighted by atomic mass is 32.2. The van der Waals surface area contributed by atoms with Crippen LogP contribution in [0.15, 0.2) is 42.6 Å². The molecule has 1 unspecified atom stereocenters. The minimum Gasteiger partial charge on any atom is -0.496 e. The third kappa shape index (κ3) is 5.09. The van der Waals surface area contributed by atoms with Gasteiger partial charge in [0.2, 0.25) is 10.0 Å². The molecule has 4 rings (SSSR count). The summed E-state index contributed by atoms with van der Waals surface area (Å²) in [6.07, 6.45) is 6.66. The fraction of sp³-hybridized carbons (Fsp3) is 0.444. The van der Waals surface area contributed by atoms with Gasteiger partial charge in [0, 0.05) is 35.8 Å². The Morgan fingerprint density at radius 2 is 1.94 bits per heavy atom. The Hall–Kier alpha value is -2.84. The number of rotatable bonds is 6. The van der Waals surface area contributed by atoms with Crippen LogP contribution in [-0.4, -0.2) is 40.9 Å². The smallest absolute Gasteiger partial charge is 0.326 e. The summed E-state index contributed by atoms with van der Waals surface area (Å²) in [6, 6.07) is 10.2. The summed E-state index contributed by atoms with van der Waals surface area (Å²) in [5.74, 6) is 0.794. The van der Waals surface area contributed by atoms with Gasteiger partial charge in [0.1, 0.15) is 5.75 Å². The number of amides is 2. The molecule has 188 valence electrons. The number of hydrogen-bond donors (Lipinski definition) is 2. The highest BCUT2D eigenvalue weighted by molar-refractivity contribution is 7.88. The number of aryl methyl sites for hydroxylation is 1. The molecular weight excluding hydrogens is 462 g/mol. The Morgan fingerprint density at radius 1 is 1.20 bits per heavy atom. The minimum atomic E-state index is -3.26. The number of methoxy groups -OCH3 is 1. The molecule has 1 aliphatic carbocycles. The van der Waals surface area contributed by atoms with Crippen molar-refractivity contribution in [2.75, 3.05) is 31.4 Å². The second kappa shape index (κ2) is 8.99. The van der Waals surface area contributed by atoms with Crippen LogP contribution in [0.25, 0.3) is 11.1 Å². The Morgan fingerprint density at radius 3 is 2.57 bits per heavy atom. The summed E-state index contributed by atoms with van der Waals surface area (Å²) in [7, 11) is -1.58. The summed E-state index contributed by atoms with van der Waals surface area (Å²) < 4.78 is 32.0. The number of carbonyl (C=O) groups excluding carboxylic acids is 1.